The van der Waals surface area contributed by atoms with E-state index in [9.17, 15) is 14.4 Å². The van der Waals surface area contributed by atoms with E-state index in [2.05, 4.69) is 10.9 Å². The van der Waals surface area contributed by atoms with Crippen molar-refractivity contribution in [2.45, 2.75) is 25.7 Å². The number of carbonyl (C=O) groups excluding carboxylic acids is 3. The van der Waals surface area contributed by atoms with Gasteiger partial charge >= 0.3 is 0 Å². The zero-order valence-corrected chi connectivity index (χ0v) is 20.9. The first kappa shape index (κ1) is 25.7. The summed E-state index contributed by atoms with van der Waals surface area (Å²) in [5.74, 6) is -0.0783. The summed E-state index contributed by atoms with van der Waals surface area (Å²) in [5.41, 5.74) is 6.02. The maximum absolute atomic E-state index is 12.7. The van der Waals surface area contributed by atoms with E-state index < -0.39 is 5.91 Å². The number of nitrogens with zero attached hydrogens (tertiary/aromatic N) is 1. The molecule has 1 fully saturated rings. The molecule has 0 atom stereocenters. The molecule has 2 aromatic rings. The summed E-state index contributed by atoms with van der Waals surface area (Å²) in [4.78, 5) is 38.9. The lowest BCUT2D eigenvalue weighted by Gasteiger charge is -2.14. The van der Waals surface area contributed by atoms with Gasteiger partial charge in [-0.2, -0.15) is 0 Å². The summed E-state index contributed by atoms with van der Waals surface area (Å²) in [5, 5.41) is 0.441. The molecular weight excluding hydrogens is 494 g/mol. The van der Waals surface area contributed by atoms with Gasteiger partial charge in [0, 0.05) is 23.6 Å². The lowest BCUT2D eigenvalue weighted by molar-refractivity contribution is -0.123. The van der Waals surface area contributed by atoms with Crippen LogP contribution >= 0.6 is 35.6 Å². The summed E-state index contributed by atoms with van der Waals surface area (Å²) in [6, 6.07) is 13.9. The van der Waals surface area contributed by atoms with Crippen molar-refractivity contribution in [2.75, 3.05) is 13.7 Å². The van der Waals surface area contributed by atoms with Gasteiger partial charge in [-0.15, -0.1) is 0 Å². The third kappa shape index (κ3) is 7.31. The Kier molecular flexibility index (Phi) is 9.50. The quantitative estimate of drug-likeness (QED) is 0.219. The van der Waals surface area contributed by atoms with Gasteiger partial charge in [-0.1, -0.05) is 60.2 Å². The van der Waals surface area contributed by atoms with Gasteiger partial charge in [0.1, 0.15) is 10.1 Å². The molecule has 2 aromatic carbocycles. The monoisotopic (exact) mass is 517 g/mol. The van der Waals surface area contributed by atoms with Crippen LogP contribution in [-0.2, 0) is 9.59 Å². The number of methoxy groups -OCH3 is 1. The fourth-order valence-electron chi connectivity index (χ4n) is 3.17. The van der Waals surface area contributed by atoms with Crippen molar-refractivity contribution in [1.82, 2.24) is 15.8 Å². The summed E-state index contributed by atoms with van der Waals surface area (Å²) in [6.07, 6.45) is 4.15. The van der Waals surface area contributed by atoms with E-state index in [1.807, 2.05) is 30.3 Å². The smallest absolute Gasteiger partial charge is 0.269 e. The number of thiocarbonyl (C=S) groups is 1. The Morgan fingerprint density at radius 2 is 1.88 bits per heavy atom. The number of carbonyl (C=O) groups is 3. The Bertz CT molecular complexity index is 1110. The molecule has 1 aliphatic heterocycles. The Morgan fingerprint density at radius 1 is 1.12 bits per heavy atom. The Balaban J connectivity index is 1.36. The Morgan fingerprint density at radius 3 is 2.59 bits per heavy atom. The van der Waals surface area contributed by atoms with Crippen molar-refractivity contribution < 1.29 is 19.1 Å². The Labute approximate surface area is 212 Å². The van der Waals surface area contributed by atoms with Gasteiger partial charge in [0.05, 0.1) is 12.0 Å². The number of hydrogen-bond acceptors (Lipinski definition) is 6. The molecule has 1 heterocycles. The maximum atomic E-state index is 12.7. The molecule has 3 amide bonds. The van der Waals surface area contributed by atoms with Gasteiger partial charge in [-0.05, 0) is 54.8 Å². The van der Waals surface area contributed by atoms with E-state index in [0.29, 0.717) is 39.2 Å². The second-order valence-corrected chi connectivity index (χ2v) is 9.54. The molecular formula is C24H24ClN3O4S2. The SMILES string of the molecule is COc1ccc(/C=C2\SC(=S)N(CCCCCC(=O)NNC(=O)c3cccc(Cl)c3)C2=O)cc1. The maximum Gasteiger partial charge on any atom is 0.269 e. The molecule has 0 unspecified atom stereocenters. The molecule has 0 aromatic heterocycles. The molecule has 0 aliphatic carbocycles. The number of hydrazine groups is 1. The molecule has 34 heavy (non-hydrogen) atoms. The van der Waals surface area contributed by atoms with Crippen LogP contribution in [0.15, 0.2) is 53.4 Å². The van der Waals surface area contributed by atoms with Gasteiger partial charge in [0.25, 0.3) is 11.8 Å². The number of nitrogens with one attached hydrogen (secondary N) is 2. The largest absolute Gasteiger partial charge is 0.497 e. The van der Waals surface area contributed by atoms with Crippen LogP contribution < -0.4 is 15.6 Å². The number of rotatable bonds is 9. The summed E-state index contributed by atoms with van der Waals surface area (Å²) < 4.78 is 5.68. The van der Waals surface area contributed by atoms with Crippen LogP contribution in [0.4, 0.5) is 0 Å². The van der Waals surface area contributed by atoms with Gasteiger partial charge in [-0.25, -0.2) is 0 Å². The van der Waals surface area contributed by atoms with E-state index in [0.717, 1.165) is 17.7 Å². The highest BCUT2D eigenvalue weighted by atomic mass is 35.5. The molecule has 1 saturated heterocycles. The lowest BCUT2D eigenvalue weighted by Crippen LogP contribution is -2.41. The number of unbranched alkanes of at least 4 members (excludes halogenated alkanes) is 2. The molecule has 178 valence electrons. The minimum atomic E-state index is -0.437. The van der Waals surface area contributed by atoms with Gasteiger partial charge in [-0.3, -0.25) is 30.1 Å². The van der Waals surface area contributed by atoms with E-state index in [1.54, 1.807) is 30.2 Å². The van der Waals surface area contributed by atoms with Crippen LogP contribution in [0.1, 0.15) is 41.6 Å². The molecule has 0 bridgehead atoms. The average Bonchev–Trinajstić information content (AvgIpc) is 3.10. The van der Waals surface area contributed by atoms with E-state index >= 15 is 0 Å². The second kappa shape index (κ2) is 12.5. The van der Waals surface area contributed by atoms with Crippen molar-refractivity contribution >= 4 is 63.7 Å². The fourth-order valence-corrected chi connectivity index (χ4v) is 4.67. The highest BCUT2D eigenvalue weighted by molar-refractivity contribution is 8.26. The van der Waals surface area contributed by atoms with Crippen LogP contribution in [0.5, 0.6) is 5.75 Å². The molecule has 0 spiro atoms. The first-order valence-electron chi connectivity index (χ1n) is 10.6. The van der Waals surface area contributed by atoms with Crippen LogP contribution in [0, 0.1) is 0 Å². The van der Waals surface area contributed by atoms with Crippen molar-refractivity contribution in [3.63, 3.8) is 0 Å². The second-order valence-electron chi connectivity index (χ2n) is 7.43. The minimum absolute atomic E-state index is 0.104. The molecule has 0 saturated carbocycles. The first-order valence-corrected chi connectivity index (χ1v) is 12.2. The molecule has 2 N–H and O–H groups in total. The summed E-state index contributed by atoms with van der Waals surface area (Å²) in [7, 11) is 1.60. The predicted octanol–water partition coefficient (Wildman–Crippen LogP) is 4.57. The van der Waals surface area contributed by atoms with Crippen LogP contribution in [0.2, 0.25) is 5.02 Å². The first-order chi connectivity index (χ1) is 16.4. The van der Waals surface area contributed by atoms with E-state index in [-0.39, 0.29) is 18.2 Å². The van der Waals surface area contributed by atoms with Crippen molar-refractivity contribution in [2.24, 2.45) is 0 Å². The van der Waals surface area contributed by atoms with Crippen LogP contribution in [-0.4, -0.2) is 40.6 Å². The Hall–Kier alpha value is -2.88. The number of amides is 3. The van der Waals surface area contributed by atoms with Gasteiger partial charge in [0.15, 0.2) is 0 Å². The zero-order valence-electron chi connectivity index (χ0n) is 18.5. The van der Waals surface area contributed by atoms with Crippen molar-refractivity contribution in [3.05, 3.63) is 69.6 Å². The topological polar surface area (TPSA) is 87.7 Å². The summed E-state index contributed by atoms with van der Waals surface area (Å²) >= 11 is 12.5. The zero-order chi connectivity index (χ0) is 24.5. The van der Waals surface area contributed by atoms with Crippen molar-refractivity contribution in [1.29, 1.82) is 0 Å². The molecule has 10 heteroatoms. The highest BCUT2D eigenvalue weighted by Gasteiger charge is 2.31. The van der Waals surface area contributed by atoms with Crippen molar-refractivity contribution in [3.8, 4) is 5.75 Å². The van der Waals surface area contributed by atoms with Crippen LogP contribution in [0.25, 0.3) is 6.08 Å². The number of hydrogen-bond donors (Lipinski definition) is 2. The highest BCUT2D eigenvalue weighted by Crippen LogP contribution is 2.33. The molecule has 0 radical (unpaired) electrons. The van der Waals surface area contributed by atoms with E-state index in [1.165, 1.54) is 17.8 Å². The predicted molar refractivity (Wildman–Crippen MR) is 138 cm³/mol. The standard InChI is InChI=1S/C24H24ClN3O4S2/c1-32-19-11-9-16(10-12-19)14-20-23(31)28(24(33)34-20)13-4-2-3-8-21(29)26-27-22(30)17-6-5-7-18(25)15-17/h5-7,9-12,14-15H,2-4,8,13H2,1H3,(H,26,29)(H,27,30)/b20-14-. The van der Waals surface area contributed by atoms with E-state index in [4.69, 9.17) is 28.6 Å². The molecule has 7 nitrogen and oxygen atoms in total. The minimum Gasteiger partial charge on any atom is -0.497 e. The molecule has 3 rings (SSSR count). The number of halogens is 1. The number of benzene rings is 2. The molecule has 1 aliphatic rings. The van der Waals surface area contributed by atoms with Crippen LogP contribution in [0.3, 0.4) is 0 Å². The third-order valence-electron chi connectivity index (χ3n) is 4.97. The normalized spacial score (nSPS) is 14.4. The number of ether oxygens (including phenoxy) is 1. The third-order valence-corrected chi connectivity index (χ3v) is 6.59. The lowest BCUT2D eigenvalue weighted by atomic mass is 10.1. The number of thioether (sulfide) groups is 1. The average molecular weight is 518 g/mol. The van der Waals surface area contributed by atoms with Gasteiger partial charge < -0.3 is 4.74 Å². The summed E-state index contributed by atoms with van der Waals surface area (Å²) in [6.45, 7) is 0.498. The fraction of sp³-hybridized carbons (Fsp3) is 0.250. The van der Waals surface area contributed by atoms with Gasteiger partial charge in [0.2, 0.25) is 5.91 Å².